The summed E-state index contributed by atoms with van der Waals surface area (Å²) in [5.74, 6) is -0.306. The zero-order valence-corrected chi connectivity index (χ0v) is 21.6. The van der Waals surface area contributed by atoms with Crippen LogP contribution in [0.2, 0.25) is 0 Å². The molecule has 0 aliphatic carbocycles. The largest absolute Gasteiger partial charge is 0.444 e. The summed E-state index contributed by atoms with van der Waals surface area (Å²) >= 11 is 0. The minimum Gasteiger partial charge on any atom is -0.444 e. The third-order valence-electron chi connectivity index (χ3n) is 7.05. The quantitative estimate of drug-likeness (QED) is 0.687. The number of likely N-dealkylation sites (tertiary alicyclic amines) is 2. The van der Waals surface area contributed by atoms with Crippen molar-refractivity contribution < 1.29 is 19.1 Å². The Morgan fingerprint density at radius 1 is 1.03 bits per heavy atom. The highest BCUT2D eigenvalue weighted by atomic mass is 16.6. The van der Waals surface area contributed by atoms with E-state index >= 15 is 0 Å². The molecule has 3 heterocycles. The van der Waals surface area contributed by atoms with Gasteiger partial charge in [-0.15, -0.1) is 0 Å². The van der Waals surface area contributed by atoms with Gasteiger partial charge in [-0.3, -0.25) is 9.59 Å². The van der Waals surface area contributed by atoms with Gasteiger partial charge in [0.2, 0.25) is 5.91 Å². The van der Waals surface area contributed by atoms with Crippen LogP contribution in [-0.2, 0) is 9.53 Å². The molecule has 2 aliphatic heterocycles. The minimum atomic E-state index is -0.562. The fourth-order valence-corrected chi connectivity index (χ4v) is 5.06. The Kier molecular flexibility index (Phi) is 7.10. The molecule has 0 spiro atoms. The van der Waals surface area contributed by atoms with Crippen LogP contribution in [-0.4, -0.2) is 70.5 Å². The third-order valence-corrected chi connectivity index (χ3v) is 7.05. The minimum absolute atomic E-state index is 0.00197. The maximum Gasteiger partial charge on any atom is 0.410 e. The van der Waals surface area contributed by atoms with E-state index in [1.54, 1.807) is 4.90 Å². The SMILES string of the molecule is Cc1[nH]c2ccc(C(=O)N3CCC[C@H](NC(=O)[C@@H]4CCCN(C(=O)OC(C)(C)C)C4)C3)cc2c1C. The maximum absolute atomic E-state index is 13.3. The van der Waals surface area contributed by atoms with Crippen LogP contribution in [0, 0.1) is 19.8 Å². The Balaban J connectivity index is 1.36. The summed E-state index contributed by atoms with van der Waals surface area (Å²) in [5, 5.41) is 4.23. The first kappa shape index (κ1) is 25.1. The van der Waals surface area contributed by atoms with Crippen molar-refractivity contribution >= 4 is 28.8 Å². The number of benzene rings is 1. The molecule has 190 valence electrons. The predicted octanol–water partition coefficient (Wildman–Crippen LogP) is 4.15. The van der Waals surface area contributed by atoms with Crippen molar-refractivity contribution in [1.82, 2.24) is 20.1 Å². The molecule has 0 bridgehead atoms. The number of aromatic nitrogens is 1. The first-order chi connectivity index (χ1) is 16.5. The van der Waals surface area contributed by atoms with Crippen LogP contribution in [0.25, 0.3) is 10.9 Å². The number of hydrogen-bond donors (Lipinski definition) is 2. The zero-order chi connectivity index (χ0) is 25.3. The highest BCUT2D eigenvalue weighted by Gasteiger charge is 2.33. The van der Waals surface area contributed by atoms with E-state index in [9.17, 15) is 14.4 Å². The number of carbonyl (C=O) groups excluding carboxylic acids is 3. The molecule has 0 saturated carbocycles. The van der Waals surface area contributed by atoms with Gasteiger partial charge >= 0.3 is 6.09 Å². The zero-order valence-electron chi connectivity index (χ0n) is 21.6. The van der Waals surface area contributed by atoms with Gasteiger partial charge in [-0.1, -0.05) is 0 Å². The van der Waals surface area contributed by atoms with Gasteiger partial charge in [0.1, 0.15) is 5.60 Å². The first-order valence-corrected chi connectivity index (χ1v) is 12.7. The predicted molar refractivity (Wildman–Crippen MR) is 135 cm³/mol. The molecular formula is C27H38N4O4. The standard InChI is InChI=1S/C27H38N4O4/c1-17-18(2)28-23-11-10-19(14-22(17)23)25(33)30-12-7-9-21(16-30)29-24(32)20-8-6-13-31(15-20)26(34)35-27(3,4)5/h10-11,14,20-21,28H,6-9,12-13,15-16H2,1-5H3,(H,29,32)/t20-,21+/m1/s1. The number of H-pyrrole nitrogens is 1. The molecule has 4 rings (SSSR count). The number of hydrogen-bond acceptors (Lipinski definition) is 4. The van der Waals surface area contributed by atoms with E-state index in [2.05, 4.69) is 17.2 Å². The second-order valence-corrected chi connectivity index (χ2v) is 11.0. The summed E-state index contributed by atoms with van der Waals surface area (Å²) in [6, 6.07) is 5.71. The molecule has 0 unspecified atom stereocenters. The van der Waals surface area contributed by atoms with Crippen molar-refractivity contribution in [3.8, 4) is 0 Å². The Bertz CT molecular complexity index is 1120. The van der Waals surface area contributed by atoms with E-state index in [-0.39, 0.29) is 29.9 Å². The fraction of sp³-hybridized carbons (Fsp3) is 0.593. The number of nitrogens with zero attached hydrogens (tertiary/aromatic N) is 2. The van der Waals surface area contributed by atoms with Crippen LogP contribution in [0.1, 0.15) is 68.1 Å². The monoisotopic (exact) mass is 482 g/mol. The number of rotatable bonds is 3. The lowest BCUT2D eigenvalue weighted by atomic mass is 9.96. The van der Waals surface area contributed by atoms with E-state index in [0.717, 1.165) is 47.8 Å². The van der Waals surface area contributed by atoms with E-state index in [0.29, 0.717) is 31.7 Å². The van der Waals surface area contributed by atoms with Crippen molar-refractivity contribution in [2.24, 2.45) is 5.92 Å². The molecule has 3 amide bonds. The lowest BCUT2D eigenvalue weighted by Gasteiger charge is -2.36. The molecule has 8 nitrogen and oxygen atoms in total. The van der Waals surface area contributed by atoms with Gasteiger partial charge in [-0.05, 0) is 84.1 Å². The normalized spacial score (nSPS) is 21.2. The van der Waals surface area contributed by atoms with Crippen molar-refractivity contribution in [2.45, 2.75) is 71.9 Å². The van der Waals surface area contributed by atoms with Gasteiger partial charge in [-0.2, -0.15) is 0 Å². The highest BCUT2D eigenvalue weighted by molar-refractivity contribution is 5.99. The number of carbonyl (C=O) groups is 3. The van der Waals surface area contributed by atoms with Gasteiger partial charge in [-0.25, -0.2) is 4.79 Å². The summed E-state index contributed by atoms with van der Waals surface area (Å²) in [5.41, 5.74) is 3.41. The van der Waals surface area contributed by atoms with Crippen molar-refractivity contribution in [3.63, 3.8) is 0 Å². The van der Waals surface area contributed by atoms with Crippen molar-refractivity contribution in [2.75, 3.05) is 26.2 Å². The molecule has 0 radical (unpaired) electrons. The van der Waals surface area contributed by atoms with Crippen molar-refractivity contribution in [3.05, 3.63) is 35.0 Å². The van der Waals surface area contributed by atoms with Gasteiger partial charge < -0.3 is 24.8 Å². The number of piperidine rings is 2. The summed E-state index contributed by atoms with van der Waals surface area (Å²) in [6.45, 7) is 11.8. The van der Waals surface area contributed by atoms with E-state index < -0.39 is 5.60 Å². The molecule has 2 atom stereocenters. The lowest BCUT2D eigenvalue weighted by Crippen LogP contribution is -2.53. The molecule has 8 heteroatoms. The Morgan fingerprint density at radius 3 is 2.49 bits per heavy atom. The summed E-state index contributed by atoms with van der Waals surface area (Å²) < 4.78 is 5.48. The smallest absolute Gasteiger partial charge is 0.410 e. The number of nitrogens with one attached hydrogen (secondary N) is 2. The summed E-state index contributed by atoms with van der Waals surface area (Å²) in [4.78, 5) is 45.6. The van der Waals surface area contributed by atoms with Crippen LogP contribution >= 0.6 is 0 Å². The molecule has 1 aromatic heterocycles. The summed E-state index contributed by atoms with van der Waals surface area (Å²) in [6.07, 6.45) is 2.83. The Morgan fingerprint density at radius 2 is 1.74 bits per heavy atom. The molecule has 2 fully saturated rings. The van der Waals surface area contributed by atoms with E-state index in [1.165, 1.54) is 0 Å². The van der Waals surface area contributed by atoms with Crippen LogP contribution < -0.4 is 5.32 Å². The average Bonchev–Trinajstić information content (AvgIpc) is 3.10. The number of aryl methyl sites for hydroxylation is 2. The van der Waals surface area contributed by atoms with Crippen LogP contribution in [0.15, 0.2) is 18.2 Å². The van der Waals surface area contributed by atoms with Crippen LogP contribution in [0.4, 0.5) is 4.79 Å². The van der Waals surface area contributed by atoms with E-state index in [1.807, 2.05) is 50.8 Å². The summed E-state index contributed by atoms with van der Waals surface area (Å²) in [7, 11) is 0. The van der Waals surface area contributed by atoms with Gasteiger partial charge in [0, 0.05) is 54.4 Å². The molecule has 1 aromatic carbocycles. The number of fused-ring (bicyclic) bond motifs is 1. The second kappa shape index (κ2) is 9.91. The van der Waals surface area contributed by atoms with Crippen LogP contribution in [0.5, 0.6) is 0 Å². The molecule has 2 aromatic rings. The maximum atomic E-state index is 13.3. The van der Waals surface area contributed by atoms with E-state index in [4.69, 9.17) is 4.74 Å². The van der Waals surface area contributed by atoms with Crippen LogP contribution in [0.3, 0.4) is 0 Å². The van der Waals surface area contributed by atoms with Gasteiger partial charge in [0.15, 0.2) is 0 Å². The number of ether oxygens (including phenoxy) is 1. The van der Waals surface area contributed by atoms with Gasteiger partial charge in [0.05, 0.1) is 5.92 Å². The third kappa shape index (κ3) is 5.80. The second-order valence-electron chi connectivity index (χ2n) is 11.0. The molecular weight excluding hydrogens is 444 g/mol. The van der Waals surface area contributed by atoms with Gasteiger partial charge in [0.25, 0.3) is 5.91 Å². The molecule has 2 aliphatic rings. The number of aromatic amines is 1. The Hall–Kier alpha value is -3.03. The lowest BCUT2D eigenvalue weighted by molar-refractivity contribution is -0.127. The average molecular weight is 483 g/mol. The molecule has 2 saturated heterocycles. The topological polar surface area (TPSA) is 94.7 Å². The highest BCUT2D eigenvalue weighted by Crippen LogP contribution is 2.24. The number of amides is 3. The molecule has 2 N–H and O–H groups in total. The first-order valence-electron chi connectivity index (χ1n) is 12.7. The fourth-order valence-electron chi connectivity index (χ4n) is 5.06. The molecule has 35 heavy (non-hydrogen) atoms. The Labute approximate surface area is 207 Å². The van der Waals surface area contributed by atoms with Crippen molar-refractivity contribution in [1.29, 1.82) is 0 Å².